The van der Waals surface area contributed by atoms with Gasteiger partial charge in [-0.3, -0.25) is 0 Å². The summed E-state index contributed by atoms with van der Waals surface area (Å²) in [4.78, 5) is 10.5. The van der Waals surface area contributed by atoms with E-state index in [0.29, 0.717) is 24.2 Å². The molecule has 0 amide bonds. The third kappa shape index (κ3) is 2.80. The quantitative estimate of drug-likeness (QED) is 0.878. The maximum Gasteiger partial charge on any atom is 0.242 e. The number of nitrogens with two attached hydrogens (primary N) is 1. The van der Waals surface area contributed by atoms with Crippen LogP contribution in [0, 0.1) is 0 Å². The van der Waals surface area contributed by atoms with E-state index in [4.69, 9.17) is 10.5 Å². The fourth-order valence-electron chi connectivity index (χ4n) is 1.97. The minimum absolute atomic E-state index is 0.499. The minimum Gasteiger partial charge on any atom is -0.476 e. The van der Waals surface area contributed by atoms with Gasteiger partial charge in [-0.25, -0.2) is 4.98 Å². The van der Waals surface area contributed by atoms with Gasteiger partial charge in [-0.1, -0.05) is 6.92 Å². The number of nitrogens with zero attached hydrogens (tertiary/aromatic N) is 3. The average Bonchev–Trinajstić information content (AvgIpc) is 2.91. The Morgan fingerprint density at radius 2 is 2.39 bits per heavy atom. The third-order valence-corrected chi connectivity index (χ3v) is 4.20. The van der Waals surface area contributed by atoms with Crippen LogP contribution in [0.1, 0.15) is 19.8 Å². The van der Waals surface area contributed by atoms with Crippen LogP contribution in [0.4, 0.5) is 11.5 Å². The van der Waals surface area contributed by atoms with Gasteiger partial charge in [0.15, 0.2) is 5.82 Å². The number of hydrogen-bond donors (Lipinski definition) is 1. The van der Waals surface area contributed by atoms with Gasteiger partial charge in [-0.05, 0) is 18.6 Å². The molecule has 100 valence electrons. The van der Waals surface area contributed by atoms with Gasteiger partial charge in [0.1, 0.15) is 12.0 Å². The smallest absolute Gasteiger partial charge is 0.242 e. The maximum absolute atomic E-state index is 6.09. The van der Waals surface area contributed by atoms with Crippen LogP contribution >= 0.6 is 11.8 Å². The number of anilines is 2. The number of nitrogen functional groups attached to an aromatic ring is 1. The monoisotopic (exact) mass is 268 g/mol. The van der Waals surface area contributed by atoms with Crippen molar-refractivity contribution in [1.29, 1.82) is 0 Å². The van der Waals surface area contributed by atoms with Crippen molar-refractivity contribution in [2.75, 3.05) is 35.8 Å². The van der Waals surface area contributed by atoms with Crippen LogP contribution in [0.5, 0.6) is 5.88 Å². The van der Waals surface area contributed by atoms with E-state index < -0.39 is 0 Å². The summed E-state index contributed by atoms with van der Waals surface area (Å²) < 4.78 is 5.53. The second kappa shape index (κ2) is 6.13. The van der Waals surface area contributed by atoms with Gasteiger partial charge >= 0.3 is 0 Å². The zero-order valence-corrected chi connectivity index (χ0v) is 11.7. The highest BCUT2D eigenvalue weighted by molar-refractivity contribution is 7.99. The third-order valence-electron chi connectivity index (χ3n) is 3.06. The summed E-state index contributed by atoms with van der Waals surface area (Å²) in [6.07, 6.45) is 3.64. The normalized spacial score (nSPS) is 18.9. The summed E-state index contributed by atoms with van der Waals surface area (Å²) in [5.41, 5.74) is 6.64. The maximum atomic E-state index is 6.09. The van der Waals surface area contributed by atoms with Crippen molar-refractivity contribution in [2.45, 2.75) is 25.8 Å². The highest BCUT2D eigenvalue weighted by atomic mass is 32.2. The Balaban J connectivity index is 2.16. The first-order chi connectivity index (χ1) is 8.74. The molecule has 5 nitrogen and oxygen atoms in total. The molecule has 0 spiro atoms. The van der Waals surface area contributed by atoms with Gasteiger partial charge in [0.05, 0.1) is 6.61 Å². The summed E-state index contributed by atoms with van der Waals surface area (Å²) >= 11 is 1.97. The Bertz CT molecular complexity index is 396. The summed E-state index contributed by atoms with van der Waals surface area (Å²) in [7, 11) is 2.04. The van der Waals surface area contributed by atoms with Crippen molar-refractivity contribution < 1.29 is 4.74 Å². The van der Waals surface area contributed by atoms with E-state index in [1.54, 1.807) is 0 Å². The average molecular weight is 268 g/mol. The van der Waals surface area contributed by atoms with Gasteiger partial charge in [-0.2, -0.15) is 16.7 Å². The van der Waals surface area contributed by atoms with Crippen molar-refractivity contribution in [2.24, 2.45) is 0 Å². The molecule has 6 heteroatoms. The van der Waals surface area contributed by atoms with Crippen LogP contribution in [0.2, 0.25) is 0 Å². The van der Waals surface area contributed by atoms with Crippen molar-refractivity contribution in [3.8, 4) is 5.88 Å². The van der Waals surface area contributed by atoms with Gasteiger partial charge in [0.2, 0.25) is 5.88 Å². The Morgan fingerprint density at radius 1 is 1.56 bits per heavy atom. The number of ether oxygens (including phenoxy) is 1. The molecule has 1 fully saturated rings. The molecule has 18 heavy (non-hydrogen) atoms. The summed E-state index contributed by atoms with van der Waals surface area (Å²) in [6, 6.07) is 0.506. The molecule has 1 unspecified atom stereocenters. The zero-order chi connectivity index (χ0) is 13.0. The molecule has 2 N–H and O–H groups in total. The van der Waals surface area contributed by atoms with Crippen molar-refractivity contribution in [3.63, 3.8) is 0 Å². The lowest BCUT2D eigenvalue weighted by atomic mass is 10.2. The largest absolute Gasteiger partial charge is 0.476 e. The molecule has 2 rings (SSSR count). The molecule has 1 atom stereocenters. The highest BCUT2D eigenvalue weighted by Gasteiger charge is 2.23. The highest BCUT2D eigenvalue weighted by Crippen LogP contribution is 2.31. The van der Waals surface area contributed by atoms with Crippen LogP contribution in [0.3, 0.4) is 0 Å². The molecular weight excluding hydrogens is 248 g/mol. The van der Waals surface area contributed by atoms with Crippen molar-refractivity contribution >= 4 is 23.3 Å². The Kier molecular flexibility index (Phi) is 4.52. The number of thioether (sulfide) groups is 1. The lowest BCUT2D eigenvalue weighted by molar-refractivity contribution is 0.306. The van der Waals surface area contributed by atoms with E-state index in [0.717, 1.165) is 18.0 Å². The topological polar surface area (TPSA) is 64.3 Å². The van der Waals surface area contributed by atoms with Crippen LogP contribution in [-0.2, 0) is 0 Å². The van der Waals surface area contributed by atoms with E-state index >= 15 is 0 Å². The number of rotatable bonds is 5. The zero-order valence-electron chi connectivity index (χ0n) is 10.9. The number of hydrogen-bond acceptors (Lipinski definition) is 6. The molecule has 1 aliphatic rings. The van der Waals surface area contributed by atoms with Gasteiger partial charge < -0.3 is 15.4 Å². The molecule has 1 aromatic rings. The molecular formula is C12H20N4OS. The lowest BCUT2D eigenvalue weighted by Gasteiger charge is -2.26. The van der Waals surface area contributed by atoms with Gasteiger partial charge in [0, 0.05) is 18.8 Å². The molecule has 0 aliphatic carbocycles. The van der Waals surface area contributed by atoms with Crippen LogP contribution in [0.15, 0.2) is 6.33 Å². The molecule has 1 aromatic heterocycles. The van der Waals surface area contributed by atoms with E-state index in [1.807, 2.05) is 18.8 Å². The van der Waals surface area contributed by atoms with E-state index in [2.05, 4.69) is 21.8 Å². The predicted octanol–water partition coefficient (Wildman–Crippen LogP) is 1.79. The first-order valence-corrected chi connectivity index (χ1v) is 7.43. The fourth-order valence-corrected chi connectivity index (χ4v) is 3.23. The minimum atomic E-state index is 0.499. The summed E-state index contributed by atoms with van der Waals surface area (Å²) in [5.74, 6) is 3.62. The summed E-state index contributed by atoms with van der Waals surface area (Å²) in [6.45, 7) is 2.68. The number of aromatic nitrogens is 2. The molecule has 0 bridgehead atoms. The molecule has 0 saturated carbocycles. The molecule has 0 aromatic carbocycles. The Hall–Kier alpha value is -1.17. The van der Waals surface area contributed by atoms with E-state index in [1.165, 1.54) is 18.5 Å². The van der Waals surface area contributed by atoms with Crippen LogP contribution in [-0.4, -0.2) is 41.2 Å². The van der Waals surface area contributed by atoms with Gasteiger partial charge in [-0.15, -0.1) is 0 Å². The lowest BCUT2D eigenvalue weighted by Crippen LogP contribution is -2.32. The second-order valence-corrected chi connectivity index (χ2v) is 5.54. The first kappa shape index (κ1) is 13.3. The molecule has 2 heterocycles. The van der Waals surface area contributed by atoms with E-state index in [9.17, 15) is 0 Å². The van der Waals surface area contributed by atoms with Gasteiger partial charge in [0.25, 0.3) is 0 Å². The molecule has 1 aliphatic heterocycles. The molecule has 1 saturated heterocycles. The SMILES string of the molecule is CCCOc1ncnc(N(C)C2CCSC2)c1N. The second-order valence-electron chi connectivity index (χ2n) is 4.39. The fraction of sp³-hybridized carbons (Fsp3) is 0.667. The Labute approximate surface area is 112 Å². The van der Waals surface area contributed by atoms with Crippen LogP contribution in [0.25, 0.3) is 0 Å². The Morgan fingerprint density at radius 3 is 3.06 bits per heavy atom. The van der Waals surface area contributed by atoms with Crippen LogP contribution < -0.4 is 15.4 Å². The van der Waals surface area contributed by atoms with E-state index in [-0.39, 0.29) is 0 Å². The standard InChI is InChI=1S/C12H20N4OS/c1-3-5-17-12-10(13)11(14-8-15-12)16(2)9-4-6-18-7-9/h8-9H,3-7,13H2,1-2H3. The molecule has 0 radical (unpaired) electrons. The van der Waals surface area contributed by atoms with Crippen molar-refractivity contribution in [1.82, 2.24) is 9.97 Å². The predicted molar refractivity (Wildman–Crippen MR) is 76.4 cm³/mol. The first-order valence-electron chi connectivity index (χ1n) is 6.28. The summed E-state index contributed by atoms with van der Waals surface area (Å²) in [5, 5.41) is 0. The van der Waals surface area contributed by atoms with Crippen molar-refractivity contribution in [3.05, 3.63) is 6.33 Å².